The summed E-state index contributed by atoms with van der Waals surface area (Å²) in [7, 11) is 0. The number of hydrogen-bond donors (Lipinski definition) is 3. The van der Waals surface area contributed by atoms with E-state index in [9.17, 15) is 9.90 Å². The van der Waals surface area contributed by atoms with Gasteiger partial charge in [-0.3, -0.25) is 9.78 Å². The first kappa shape index (κ1) is 16.0. The number of carbonyl (C=O) groups is 1. The van der Waals surface area contributed by atoms with E-state index in [2.05, 4.69) is 20.6 Å². The zero-order valence-electron chi connectivity index (χ0n) is 13.1. The molecule has 2 aromatic rings. The molecule has 122 valence electrons. The fraction of sp³-hybridized carbons (Fsp3) is 0.438. The predicted molar refractivity (Wildman–Crippen MR) is 89.1 cm³/mol. The molecule has 0 unspecified atom stereocenters. The van der Waals surface area contributed by atoms with E-state index in [0.717, 1.165) is 21.8 Å². The van der Waals surface area contributed by atoms with Crippen LogP contribution in [0.1, 0.15) is 30.8 Å². The lowest BCUT2D eigenvalue weighted by Gasteiger charge is -2.17. The molecule has 1 amide bonds. The summed E-state index contributed by atoms with van der Waals surface area (Å²) in [6, 6.07) is 3.42. The number of rotatable bonds is 4. The maximum atomic E-state index is 12.2. The molecule has 1 fully saturated rings. The van der Waals surface area contributed by atoms with Gasteiger partial charge in [0.25, 0.3) is 0 Å². The average molecular weight is 332 g/mol. The summed E-state index contributed by atoms with van der Waals surface area (Å²) in [6.07, 6.45) is 1.83. The molecule has 1 aliphatic rings. The number of carbonyl (C=O) groups excluding carboxylic acids is 1. The van der Waals surface area contributed by atoms with Crippen LogP contribution >= 0.6 is 11.3 Å². The van der Waals surface area contributed by atoms with E-state index >= 15 is 0 Å². The monoisotopic (exact) mass is 332 g/mol. The van der Waals surface area contributed by atoms with Crippen LogP contribution in [0.4, 0.5) is 0 Å². The fourth-order valence-electron chi connectivity index (χ4n) is 2.68. The van der Waals surface area contributed by atoms with E-state index < -0.39 is 6.10 Å². The Kier molecular flexibility index (Phi) is 4.70. The van der Waals surface area contributed by atoms with Gasteiger partial charge in [-0.2, -0.15) is 0 Å². The van der Waals surface area contributed by atoms with Crippen LogP contribution in [0, 0.1) is 6.92 Å². The Hall–Kier alpha value is -1.83. The Morgan fingerprint density at radius 1 is 1.48 bits per heavy atom. The van der Waals surface area contributed by atoms with Crippen LogP contribution in [0.15, 0.2) is 23.8 Å². The van der Waals surface area contributed by atoms with Gasteiger partial charge < -0.3 is 15.7 Å². The van der Waals surface area contributed by atoms with Crippen LogP contribution < -0.4 is 10.6 Å². The van der Waals surface area contributed by atoms with Crippen LogP contribution in [0.25, 0.3) is 10.4 Å². The summed E-state index contributed by atoms with van der Waals surface area (Å²) >= 11 is 1.59. The van der Waals surface area contributed by atoms with Crippen molar-refractivity contribution in [3.8, 4) is 10.4 Å². The molecule has 1 aliphatic heterocycles. The topological polar surface area (TPSA) is 87.1 Å². The summed E-state index contributed by atoms with van der Waals surface area (Å²) < 4.78 is 0. The zero-order valence-corrected chi connectivity index (χ0v) is 13.9. The number of pyridine rings is 1. The zero-order chi connectivity index (χ0) is 16.4. The van der Waals surface area contributed by atoms with Crippen molar-refractivity contribution in [3.63, 3.8) is 0 Å². The van der Waals surface area contributed by atoms with Gasteiger partial charge in [0.05, 0.1) is 40.0 Å². The number of aryl methyl sites for hydroxylation is 1. The van der Waals surface area contributed by atoms with Crippen molar-refractivity contribution in [2.75, 3.05) is 6.54 Å². The number of aliphatic hydroxyl groups excluding tert-OH is 1. The number of nitrogens with one attached hydrogen (secondary N) is 2. The molecule has 2 aromatic heterocycles. The van der Waals surface area contributed by atoms with Crippen molar-refractivity contribution in [2.24, 2.45) is 0 Å². The highest BCUT2D eigenvalue weighted by molar-refractivity contribution is 7.13. The van der Waals surface area contributed by atoms with Crippen molar-refractivity contribution in [2.45, 2.75) is 38.5 Å². The van der Waals surface area contributed by atoms with Gasteiger partial charge in [0.15, 0.2) is 0 Å². The van der Waals surface area contributed by atoms with Crippen LogP contribution in [0.5, 0.6) is 0 Å². The fourth-order valence-corrected chi connectivity index (χ4v) is 3.48. The summed E-state index contributed by atoms with van der Waals surface area (Å²) in [6.45, 7) is 4.35. The molecule has 3 rings (SSSR count). The van der Waals surface area contributed by atoms with Gasteiger partial charge >= 0.3 is 0 Å². The Bertz CT molecular complexity index is 686. The molecule has 3 heterocycles. The van der Waals surface area contributed by atoms with Crippen molar-refractivity contribution in [1.82, 2.24) is 20.6 Å². The Balaban J connectivity index is 1.65. The first-order valence-corrected chi connectivity index (χ1v) is 8.51. The number of amides is 1. The molecular formula is C16H20N4O2S. The third-order valence-electron chi connectivity index (χ3n) is 4.02. The van der Waals surface area contributed by atoms with Gasteiger partial charge in [0.1, 0.15) is 0 Å². The smallest absolute Gasteiger partial charge is 0.237 e. The maximum absolute atomic E-state index is 12.2. The first-order chi connectivity index (χ1) is 11.0. The number of thiazole rings is 1. The highest BCUT2D eigenvalue weighted by Gasteiger charge is 2.28. The number of β-amino-alcohol motifs (C(OH)–C–C–N with tert-alkyl or cyclic N) is 1. The van der Waals surface area contributed by atoms with Crippen LogP contribution in [0.2, 0.25) is 0 Å². The van der Waals surface area contributed by atoms with Crippen LogP contribution in [-0.2, 0) is 4.79 Å². The minimum atomic E-state index is -0.443. The molecule has 6 nitrogen and oxygen atoms in total. The van der Waals surface area contributed by atoms with E-state index in [4.69, 9.17) is 0 Å². The van der Waals surface area contributed by atoms with Gasteiger partial charge in [-0.1, -0.05) is 6.07 Å². The number of aliphatic hydroxyl groups is 1. The SMILES string of the molecule is Cc1ncsc1-c1ccc([C@H](C)NC(=O)[C@@H]2C[C@@H](O)CN2)nc1. The summed E-state index contributed by atoms with van der Waals surface area (Å²) in [5.74, 6) is -0.0989. The van der Waals surface area contributed by atoms with Crippen LogP contribution in [-0.4, -0.2) is 39.7 Å². The summed E-state index contributed by atoms with van der Waals surface area (Å²) in [5, 5.41) is 15.4. The van der Waals surface area contributed by atoms with Gasteiger partial charge in [-0.25, -0.2) is 4.98 Å². The Labute approximate surface area is 139 Å². The molecule has 0 saturated carbocycles. The average Bonchev–Trinajstić information content (AvgIpc) is 3.16. The van der Waals surface area contributed by atoms with Crippen LogP contribution in [0.3, 0.4) is 0 Å². The van der Waals surface area contributed by atoms with Gasteiger partial charge in [-0.15, -0.1) is 11.3 Å². The van der Waals surface area contributed by atoms with Crippen molar-refractivity contribution < 1.29 is 9.90 Å². The Morgan fingerprint density at radius 2 is 2.30 bits per heavy atom. The molecular weight excluding hydrogens is 312 g/mol. The van der Waals surface area contributed by atoms with E-state index in [-0.39, 0.29) is 18.0 Å². The minimum absolute atomic E-state index is 0.0989. The summed E-state index contributed by atoms with van der Waals surface area (Å²) in [4.78, 5) is 22.0. The molecule has 0 aromatic carbocycles. The highest BCUT2D eigenvalue weighted by Crippen LogP contribution is 2.27. The van der Waals surface area contributed by atoms with E-state index in [1.807, 2.05) is 37.7 Å². The highest BCUT2D eigenvalue weighted by atomic mass is 32.1. The molecule has 0 radical (unpaired) electrons. The molecule has 0 spiro atoms. The van der Waals surface area contributed by atoms with E-state index in [1.54, 1.807) is 11.3 Å². The molecule has 3 N–H and O–H groups in total. The molecule has 0 bridgehead atoms. The lowest BCUT2D eigenvalue weighted by atomic mass is 10.1. The maximum Gasteiger partial charge on any atom is 0.237 e. The molecule has 1 saturated heterocycles. The van der Waals surface area contributed by atoms with Crippen molar-refractivity contribution in [3.05, 3.63) is 35.2 Å². The lowest BCUT2D eigenvalue weighted by molar-refractivity contribution is -0.123. The van der Waals surface area contributed by atoms with Gasteiger partial charge in [-0.05, 0) is 26.3 Å². The largest absolute Gasteiger partial charge is 0.392 e. The minimum Gasteiger partial charge on any atom is -0.392 e. The quantitative estimate of drug-likeness (QED) is 0.788. The predicted octanol–water partition coefficient (Wildman–Crippen LogP) is 1.41. The Morgan fingerprint density at radius 3 is 2.87 bits per heavy atom. The standard InChI is InChI=1S/C16H20N4O2S/c1-9(20-16(22)14-5-12(21)7-18-14)13-4-3-11(6-17-13)15-10(2)19-8-23-15/h3-4,6,8-9,12,14,18,21H,5,7H2,1-2H3,(H,20,22)/t9-,12+,14-/m0/s1. The molecule has 0 aliphatic carbocycles. The second-order valence-corrected chi connectivity index (χ2v) is 6.67. The number of aromatic nitrogens is 2. The normalized spacial score (nSPS) is 22.0. The summed E-state index contributed by atoms with van der Waals surface area (Å²) in [5.41, 5.74) is 4.66. The number of hydrogen-bond acceptors (Lipinski definition) is 6. The molecule has 7 heteroatoms. The third kappa shape index (κ3) is 3.57. The third-order valence-corrected chi connectivity index (χ3v) is 5.00. The first-order valence-electron chi connectivity index (χ1n) is 7.63. The second kappa shape index (κ2) is 6.74. The van der Waals surface area contributed by atoms with E-state index in [1.165, 1.54) is 0 Å². The number of nitrogens with zero attached hydrogens (tertiary/aromatic N) is 2. The van der Waals surface area contributed by atoms with Crippen molar-refractivity contribution in [1.29, 1.82) is 0 Å². The molecule has 23 heavy (non-hydrogen) atoms. The second-order valence-electron chi connectivity index (χ2n) is 5.82. The van der Waals surface area contributed by atoms with Crippen molar-refractivity contribution >= 4 is 17.2 Å². The van der Waals surface area contributed by atoms with Gasteiger partial charge in [0, 0.05) is 18.3 Å². The lowest BCUT2D eigenvalue weighted by Crippen LogP contribution is -2.41. The molecule has 3 atom stereocenters. The van der Waals surface area contributed by atoms with Gasteiger partial charge in [0.2, 0.25) is 5.91 Å². The van der Waals surface area contributed by atoms with E-state index in [0.29, 0.717) is 13.0 Å².